The first kappa shape index (κ1) is 26.6. The lowest BCUT2D eigenvalue weighted by atomic mass is 10.0. The second-order valence-electron chi connectivity index (χ2n) is 7.60. The van der Waals surface area contributed by atoms with Gasteiger partial charge in [-0.15, -0.1) is 0 Å². The number of likely N-dealkylation sites (N-methyl/N-ethyl adjacent to an activating group) is 2. The Hall–Kier alpha value is -3.48. The summed E-state index contributed by atoms with van der Waals surface area (Å²) in [6.45, 7) is 14.7. The van der Waals surface area contributed by atoms with Gasteiger partial charge in [0.1, 0.15) is 5.84 Å². The third-order valence-electron chi connectivity index (χ3n) is 4.91. The molecule has 0 unspecified atom stereocenters. The number of pyridine rings is 1. The molecule has 0 aromatic carbocycles. The Morgan fingerprint density at radius 1 is 1.28 bits per heavy atom. The fourth-order valence-electron chi connectivity index (χ4n) is 2.82. The zero-order chi connectivity index (χ0) is 24.1. The van der Waals surface area contributed by atoms with E-state index in [4.69, 9.17) is 5.41 Å². The zero-order valence-corrected chi connectivity index (χ0v) is 19.9. The molecule has 0 aliphatic carbocycles. The molecule has 0 bridgehead atoms. The Bertz CT molecular complexity index is 897. The van der Waals surface area contributed by atoms with Crippen LogP contribution in [0, 0.1) is 5.41 Å². The van der Waals surface area contributed by atoms with Crippen LogP contribution in [-0.4, -0.2) is 59.9 Å². The summed E-state index contributed by atoms with van der Waals surface area (Å²) >= 11 is 0. The predicted molar refractivity (Wildman–Crippen MR) is 134 cm³/mol. The number of rotatable bonds is 12. The highest BCUT2D eigenvalue weighted by Gasteiger charge is 2.14. The van der Waals surface area contributed by atoms with E-state index in [1.165, 1.54) is 12.4 Å². The number of aliphatic imine (C=N–C) groups is 1. The summed E-state index contributed by atoms with van der Waals surface area (Å²) in [6.07, 6.45) is 10.9. The molecule has 1 rings (SSSR count). The molecule has 7 heteroatoms. The molecule has 7 nitrogen and oxygen atoms in total. The van der Waals surface area contributed by atoms with Gasteiger partial charge >= 0.3 is 0 Å². The van der Waals surface area contributed by atoms with E-state index in [0.717, 1.165) is 23.4 Å². The highest BCUT2D eigenvalue weighted by atomic mass is 16.1. The largest absolute Gasteiger partial charge is 0.372 e. The fraction of sp³-hybridized carbons (Fsp3) is 0.360. The van der Waals surface area contributed by atoms with E-state index >= 15 is 0 Å². The zero-order valence-electron chi connectivity index (χ0n) is 19.9. The maximum absolute atomic E-state index is 12.9. The molecule has 0 aliphatic rings. The molecule has 0 spiro atoms. The number of amidine groups is 1. The van der Waals surface area contributed by atoms with Gasteiger partial charge in [-0.05, 0) is 36.1 Å². The van der Waals surface area contributed by atoms with Gasteiger partial charge in [0, 0.05) is 45.8 Å². The molecule has 1 aromatic rings. The van der Waals surface area contributed by atoms with Crippen molar-refractivity contribution in [2.24, 2.45) is 4.99 Å². The second kappa shape index (κ2) is 13.7. The molecule has 1 amide bonds. The Balaban J connectivity index is 3.05. The van der Waals surface area contributed by atoms with Crippen LogP contribution in [0.5, 0.6) is 0 Å². The van der Waals surface area contributed by atoms with Gasteiger partial charge in [0.05, 0.1) is 23.2 Å². The molecule has 0 saturated carbocycles. The first-order valence-electron chi connectivity index (χ1n) is 10.7. The predicted octanol–water partition coefficient (Wildman–Crippen LogP) is 4.35. The van der Waals surface area contributed by atoms with Crippen molar-refractivity contribution in [2.75, 3.05) is 27.2 Å². The Labute approximate surface area is 192 Å². The number of hydrogen-bond donors (Lipinski definition) is 2. The van der Waals surface area contributed by atoms with Crippen LogP contribution in [0.1, 0.15) is 49.2 Å². The minimum absolute atomic E-state index is 0.144. The number of aromatic nitrogens is 1. The van der Waals surface area contributed by atoms with Crippen molar-refractivity contribution >= 4 is 18.0 Å². The van der Waals surface area contributed by atoms with E-state index in [0.29, 0.717) is 24.5 Å². The van der Waals surface area contributed by atoms with Crippen LogP contribution in [0.2, 0.25) is 0 Å². The highest BCUT2D eigenvalue weighted by molar-refractivity contribution is 6.27. The SMILES string of the molecule is C=CN=CC(=N)N(C)CCN(C)C(/C=C(\C=C)CC)=C\NC(=O)c1cccnc1C(C)C. The normalized spacial score (nSPS) is 12.1. The molecular weight excluding hydrogens is 400 g/mol. The van der Waals surface area contributed by atoms with Gasteiger partial charge in [-0.25, -0.2) is 0 Å². The van der Waals surface area contributed by atoms with E-state index in [9.17, 15) is 4.79 Å². The lowest BCUT2D eigenvalue weighted by molar-refractivity contribution is 0.0967. The maximum atomic E-state index is 12.9. The summed E-state index contributed by atoms with van der Waals surface area (Å²) < 4.78 is 0. The number of nitrogens with one attached hydrogen (secondary N) is 2. The minimum atomic E-state index is -0.197. The van der Waals surface area contributed by atoms with E-state index in [1.54, 1.807) is 29.4 Å². The number of amides is 1. The first-order valence-corrected chi connectivity index (χ1v) is 10.7. The van der Waals surface area contributed by atoms with Crippen LogP contribution in [-0.2, 0) is 0 Å². The molecule has 1 aromatic heterocycles. The fourth-order valence-corrected chi connectivity index (χ4v) is 2.82. The summed E-state index contributed by atoms with van der Waals surface area (Å²) in [6, 6.07) is 3.56. The molecular formula is C25H36N6O. The van der Waals surface area contributed by atoms with Crippen molar-refractivity contribution in [1.29, 1.82) is 5.41 Å². The smallest absolute Gasteiger partial charge is 0.257 e. The van der Waals surface area contributed by atoms with Crippen LogP contribution in [0.4, 0.5) is 0 Å². The van der Waals surface area contributed by atoms with Crippen LogP contribution < -0.4 is 5.32 Å². The summed E-state index contributed by atoms with van der Waals surface area (Å²) in [5.41, 5.74) is 3.23. The number of hydrogen-bond acceptors (Lipinski definition) is 5. The molecule has 32 heavy (non-hydrogen) atoms. The van der Waals surface area contributed by atoms with Gasteiger partial charge in [0.25, 0.3) is 5.91 Å². The van der Waals surface area contributed by atoms with E-state index in [1.807, 2.05) is 45.0 Å². The number of carbonyl (C=O) groups is 1. The topological polar surface area (TPSA) is 84.7 Å². The average molecular weight is 437 g/mol. The lowest BCUT2D eigenvalue weighted by Gasteiger charge is -2.25. The van der Waals surface area contributed by atoms with Crippen LogP contribution >= 0.6 is 0 Å². The third-order valence-corrected chi connectivity index (χ3v) is 4.91. The molecule has 2 N–H and O–H groups in total. The van der Waals surface area contributed by atoms with Gasteiger partial charge in [0.2, 0.25) is 0 Å². The summed E-state index contributed by atoms with van der Waals surface area (Å²) in [5.74, 6) is 0.244. The molecule has 172 valence electrons. The molecule has 0 fully saturated rings. The Kier molecular flexibility index (Phi) is 11.4. The number of carbonyl (C=O) groups excluding carboxylic acids is 1. The van der Waals surface area contributed by atoms with Gasteiger partial charge in [-0.2, -0.15) is 0 Å². The molecule has 0 radical (unpaired) electrons. The average Bonchev–Trinajstić information content (AvgIpc) is 2.80. The molecule has 0 saturated heterocycles. The van der Waals surface area contributed by atoms with E-state index in [2.05, 4.69) is 35.4 Å². The highest BCUT2D eigenvalue weighted by Crippen LogP contribution is 2.16. The summed E-state index contributed by atoms with van der Waals surface area (Å²) in [4.78, 5) is 24.9. The Morgan fingerprint density at radius 3 is 2.56 bits per heavy atom. The summed E-state index contributed by atoms with van der Waals surface area (Å²) in [7, 11) is 3.78. The third kappa shape index (κ3) is 8.34. The Morgan fingerprint density at radius 2 is 1.97 bits per heavy atom. The van der Waals surface area contributed by atoms with Gasteiger partial charge in [0.15, 0.2) is 0 Å². The van der Waals surface area contributed by atoms with Crippen LogP contribution in [0.25, 0.3) is 0 Å². The van der Waals surface area contributed by atoms with Crippen molar-refractivity contribution in [2.45, 2.75) is 33.1 Å². The number of allylic oxidation sites excluding steroid dienone is 3. The van der Waals surface area contributed by atoms with Crippen molar-refractivity contribution in [1.82, 2.24) is 20.1 Å². The first-order chi connectivity index (χ1) is 15.2. The standard InChI is InChI=1S/C25H36N6O/c1-8-20(9-2)16-21(30(6)14-15-31(7)23(26)18-27-10-3)17-29-25(32)22-12-11-13-28-24(22)19(4)5/h8,10-13,16-19,26H,1,3,9,14-15H2,2,4-7H3,(H,29,32)/b20-16+,21-17-,26-23?,27-18?. The quantitative estimate of drug-likeness (QED) is 0.290. The molecule has 1 heterocycles. The van der Waals surface area contributed by atoms with Gasteiger partial charge in [-0.1, -0.05) is 40.0 Å². The second-order valence-corrected chi connectivity index (χ2v) is 7.60. The van der Waals surface area contributed by atoms with Crippen molar-refractivity contribution < 1.29 is 4.79 Å². The van der Waals surface area contributed by atoms with E-state index < -0.39 is 0 Å². The van der Waals surface area contributed by atoms with Crippen molar-refractivity contribution in [3.05, 3.63) is 78.6 Å². The van der Waals surface area contributed by atoms with Crippen LogP contribution in [0.3, 0.4) is 0 Å². The van der Waals surface area contributed by atoms with E-state index in [-0.39, 0.29) is 11.8 Å². The van der Waals surface area contributed by atoms with Gasteiger partial charge in [-0.3, -0.25) is 20.2 Å². The maximum Gasteiger partial charge on any atom is 0.257 e. The van der Waals surface area contributed by atoms with Crippen LogP contribution in [0.15, 0.2) is 72.3 Å². The minimum Gasteiger partial charge on any atom is -0.372 e. The summed E-state index contributed by atoms with van der Waals surface area (Å²) in [5, 5.41) is 10.9. The van der Waals surface area contributed by atoms with Gasteiger partial charge < -0.3 is 15.1 Å². The lowest BCUT2D eigenvalue weighted by Crippen LogP contribution is -2.35. The molecule has 0 atom stereocenters. The monoisotopic (exact) mass is 436 g/mol. The molecule has 0 aliphatic heterocycles. The van der Waals surface area contributed by atoms with Crippen molar-refractivity contribution in [3.8, 4) is 0 Å². The van der Waals surface area contributed by atoms with Crippen molar-refractivity contribution in [3.63, 3.8) is 0 Å². The number of nitrogens with zero attached hydrogens (tertiary/aromatic N) is 4.